The van der Waals surface area contributed by atoms with E-state index in [1.807, 2.05) is 47.9 Å². The summed E-state index contributed by atoms with van der Waals surface area (Å²) in [6, 6.07) is 5.79. The molecule has 1 atom stereocenters. The molecule has 2 aliphatic rings. The molecule has 2 aromatic rings. The lowest BCUT2D eigenvalue weighted by Crippen LogP contribution is -2.52. The molecule has 2 aliphatic heterocycles. The number of hydrogen-bond donors (Lipinski definition) is 0. The molecule has 2 saturated heterocycles. The molecule has 0 radical (unpaired) electrons. The van der Waals surface area contributed by atoms with Gasteiger partial charge in [0.05, 0.1) is 18.5 Å². The Labute approximate surface area is 208 Å². The molecule has 0 aliphatic carbocycles. The fraction of sp³-hybridized carbons (Fsp3) is 0.615. The van der Waals surface area contributed by atoms with Gasteiger partial charge >= 0.3 is 0 Å². The zero-order valence-electron chi connectivity index (χ0n) is 21.0. The van der Waals surface area contributed by atoms with Crippen molar-refractivity contribution in [3.63, 3.8) is 0 Å². The lowest BCUT2D eigenvalue weighted by Gasteiger charge is -2.43. The van der Waals surface area contributed by atoms with Gasteiger partial charge in [-0.3, -0.25) is 14.4 Å². The standard InChI is InChI=1S/C26H38ClN5O2/c1-20-14-22(6-7-23(20)27)34-19-26(15-25(33)32-12-10-29(3)11-13-32)8-5-9-31(18-26)17-24-21(2)16-28-30(24)4/h6-7,14,16H,5,8-13,15,17-19H2,1-4H3. The number of nitrogens with zero attached hydrogens (tertiary/aromatic N) is 5. The summed E-state index contributed by atoms with van der Waals surface area (Å²) in [5, 5.41) is 5.15. The van der Waals surface area contributed by atoms with Crippen LogP contribution in [-0.4, -0.2) is 83.3 Å². The minimum Gasteiger partial charge on any atom is -0.493 e. The maximum absolute atomic E-state index is 13.4. The van der Waals surface area contributed by atoms with Crippen LogP contribution in [0.4, 0.5) is 0 Å². The van der Waals surface area contributed by atoms with Crippen molar-refractivity contribution in [1.82, 2.24) is 24.5 Å². The van der Waals surface area contributed by atoms with E-state index < -0.39 is 0 Å². The molecule has 0 spiro atoms. The number of likely N-dealkylation sites (tertiary alicyclic amines) is 1. The van der Waals surface area contributed by atoms with Gasteiger partial charge in [0, 0.05) is 63.2 Å². The Kier molecular flexibility index (Phi) is 7.85. The summed E-state index contributed by atoms with van der Waals surface area (Å²) in [5.41, 5.74) is 3.22. The molecule has 34 heavy (non-hydrogen) atoms. The molecular formula is C26H38ClN5O2. The van der Waals surface area contributed by atoms with Crippen molar-refractivity contribution in [2.45, 2.75) is 39.7 Å². The Morgan fingerprint density at radius 1 is 1.12 bits per heavy atom. The number of ether oxygens (including phenoxy) is 1. The molecule has 3 heterocycles. The first kappa shape index (κ1) is 25.0. The van der Waals surface area contributed by atoms with Gasteiger partial charge in [-0.05, 0) is 69.6 Å². The van der Waals surface area contributed by atoms with Crippen LogP contribution in [0.15, 0.2) is 24.4 Å². The highest BCUT2D eigenvalue weighted by Gasteiger charge is 2.40. The second-order valence-corrected chi connectivity index (χ2v) is 10.7. The summed E-state index contributed by atoms with van der Waals surface area (Å²) < 4.78 is 8.31. The molecule has 186 valence electrons. The molecule has 1 aromatic carbocycles. The molecule has 0 N–H and O–H groups in total. The highest BCUT2D eigenvalue weighted by Crippen LogP contribution is 2.36. The summed E-state index contributed by atoms with van der Waals surface area (Å²) in [5.74, 6) is 1.07. The van der Waals surface area contributed by atoms with Crippen molar-refractivity contribution >= 4 is 17.5 Å². The Bertz CT molecular complexity index is 982. The second kappa shape index (κ2) is 10.7. The monoisotopic (exact) mass is 487 g/mol. The number of carbonyl (C=O) groups excluding carboxylic acids is 1. The molecule has 8 heteroatoms. The van der Waals surface area contributed by atoms with Gasteiger partial charge in [-0.2, -0.15) is 5.10 Å². The topological polar surface area (TPSA) is 53.8 Å². The molecule has 7 nitrogen and oxygen atoms in total. The van der Waals surface area contributed by atoms with E-state index in [-0.39, 0.29) is 11.3 Å². The lowest BCUT2D eigenvalue weighted by atomic mass is 9.77. The number of likely N-dealkylation sites (N-methyl/N-ethyl adjacent to an activating group) is 1. The van der Waals surface area contributed by atoms with Crippen LogP contribution >= 0.6 is 11.6 Å². The number of rotatable bonds is 7. The normalized spacial score (nSPS) is 22.2. The van der Waals surface area contributed by atoms with Gasteiger partial charge in [0.15, 0.2) is 0 Å². The van der Waals surface area contributed by atoms with E-state index in [1.54, 1.807) is 0 Å². The predicted molar refractivity (Wildman–Crippen MR) is 135 cm³/mol. The Morgan fingerprint density at radius 3 is 2.56 bits per heavy atom. The number of carbonyl (C=O) groups is 1. The van der Waals surface area contributed by atoms with Crippen molar-refractivity contribution < 1.29 is 9.53 Å². The second-order valence-electron chi connectivity index (χ2n) is 10.3. The summed E-state index contributed by atoms with van der Waals surface area (Å²) in [6.45, 7) is 10.8. The van der Waals surface area contributed by atoms with Crippen molar-refractivity contribution in [3.05, 3.63) is 46.2 Å². The first-order valence-electron chi connectivity index (χ1n) is 12.3. The third kappa shape index (κ3) is 5.93. The summed E-state index contributed by atoms with van der Waals surface area (Å²) in [6.07, 6.45) is 4.48. The van der Waals surface area contributed by atoms with Crippen LogP contribution in [0.2, 0.25) is 5.02 Å². The van der Waals surface area contributed by atoms with E-state index in [0.717, 1.165) is 75.0 Å². The minimum absolute atomic E-state index is 0.223. The zero-order valence-corrected chi connectivity index (χ0v) is 21.8. The van der Waals surface area contributed by atoms with Gasteiger partial charge in [0.2, 0.25) is 5.91 Å². The predicted octanol–water partition coefficient (Wildman–Crippen LogP) is 3.52. The van der Waals surface area contributed by atoms with Gasteiger partial charge in [0.1, 0.15) is 5.75 Å². The molecular weight excluding hydrogens is 450 g/mol. The lowest BCUT2D eigenvalue weighted by molar-refractivity contribution is -0.137. The largest absolute Gasteiger partial charge is 0.493 e. The minimum atomic E-state index is -0.223. The van der Waals surface area contributed by atoms with Crippen LogP contribution in [0.5, 0.6) is 5.75 Å². The van der Waals surface area contributed by atoms with Gasteiger partial charge in [-0.15, -0.1) is 0 Å². The average Bonchev–Trinajstić information content (AvgIpc) is 3.12. The fourth-order valence-corrected chi connectivity index (χ4v) is 5.32. The molecule has 4 rings (SSSR count). The van der Waals surface area contributed by atoms with E-state index in [1.165, 1.54) is 11.3 Å². The maximum Gasteiger partial charge on any atom is 0.223 e. The third-order valence-electron chi connectivity index (χ3n) is 7.44. The van der Waals surface area contributed by atoms with E-state index in [9.17, 15) is 4.79 Å². The maximum atomic E-state index is 13.4. The number of amides is 1. The van der Waals surface area contributed by atoms with Crippen LogP contribution < -0.4 is 4.74 Å². The Hall–Kier alpha value is -2.09. The van der Waals surface area contributed by atoms with E-state index in [0.29, 0.717) is 13.0 Å². The molecule has 2 fully saturated rings. The number of hydrogen-bond acceptors (Lipinski definition) is 5. The zero-order chi connectivity index (χ0) is 24.3. The number of piperazine rings is 1. The Balaban J connectivity index is 1.51. The van der Waals surface area contributed by atoms with E-state index >= 15 is 0 Å². The Morgan fingerprint density at radius 2 is 1.88 bits per heavy atom. The molecule has 0 saturated carbocycles. The van der Waals surface area contributed by atoms with Gasteiger partial charge in [0.25, 0.3) is 0 Å². The smallest absolute Gasteiger partial charge is 0.223 e. The summed E-state index contributed by atoms with van der Waals surface area (Å²) in [4.78, 5) is 20.2. The molecule has 1 amide bonds. The number of benzene rings is 1. The summed E-state index contributed by atoms with van der Waals surface area (Å²) in [7, 11) is 4.12. The van der Waals surface area contributed by atoms with Gasteiger partial charge in [-0.25, -0.2) is 0 Å². The highest BCUT2D eigenvalue weighted by atomic mass is 35.5. The average molecular weight is 488 g/mol. The first-order valence-corrected chi connectivity index (χ1v) is 12.7. The first-order chi connectivity index (χ1) is 16.2. The van der Waals surface area contributed by atoms with E-state index in [4.69, 9.17) is 16.3 Å². The van der Waals surface area contributed by atoms with Crippen molar-refractivity contribution in [2.24, 2.45) is 12.5 Å². The van der Waals surface area contributed by atoms with Crippen LogP contribution in [0.25, 0.3) is 0 Å². The molecule has 1 aromatic heterocycles. The molecule has 1 unspecified atom stereocenters. The number of aryl methyl sites for hydroxylation is 3. The van der Waals surface area contributed by atoms with Crippen LogP contribution in [0.3, 0.4) is 0 Å². The number of piperidine rings is 1. The third-order valence-corrected chi connectivity index (χ3v) is 7.86. The number of aromatic nitrogens is 2. The van der Waals surface area contributed by atoms with Crippen molar-refractivity contribution in [1.29, 1.82) is 0 Å². The SMILES string of the molecule is Cc1cc(OCC2(CC(=O)N3CCN(C)CC3)CCCN(Cc3c(C)cnn3C)C2)ccc1Cl. The summed E-state index contributed by atoms with van der Waals surface area (Å²) >= 11 is 6.21. The quantitative estimate of drug-likeness (QED) is 0.598. The van der Waals surface area contributed by atoms with Crippen LogP contribution in [0.1, 0.15) is 36.1 Å². The van der Waals surface area contributed by atoms with Gasteiger partial charge in [-0.1, -0.05) is 11.6 Å². The van der Waals surface area contributed by atoms with E-state index in [2.05, 4.69) is 28.9 Å². The molecule has 0 bridgehead atoms. The van der Waals surface area contributed by atoms with Crippen molar-refractivity contribution in [3.8, 4) is 5.75 Å². The fourth-order valence-electron chi connectivity index (χ4n) is 5.20. The van der Waals surface area contributed by atoms with Gasteiger partial charge < -0.3 is 14.5 Å². The van der Waals surface area contributed by atoms with Crippen molar-refractivity contribution in [2.75, 3.05) is 52.9 Å². The highest BCUT2D eigenvalue weighted by molar-refractivity contribution is 6.31. The number of halogens is 1. The van der Waals surface area contributed by atoms with Crippen LogP contribution in [0, 0.1) is 19.3 Å². The van der Waals surface area contributed by atoms with Crippen LogP contribution in [-0.2, 0) is 18.4 Å².